The number of amides is 1. The number of anilines is 2. The zero-order valence-electron chi connectivity index (χ0n) is 16.5. The third-order valence-electron chi connectivity index (χ3n) is 5.47. The molecule has 3 aromatic rings. The standard InChI is InChI=1S/C22H25N5O2/c1-3-20(29)25(2)18-11-19-21(23-12-18)24-22(26-10-9-17(13-26)15-28)27(19)14-16-7-5-4-6-8-16/h3-8,11-12,17,28H,1,9-10,13-15H2,2H3/t17-/m1/s1. The lowest BCUT2D eigenvalue weighted by Gasteiger charge is -2.20. The first kappa shape index (κ1) is 19.1. The molecule has 1 amide bonds. The molecule has 0 bridgehead atoms. The van der Waals surface area contributed by atoms with Crippen molar-refractivity contribution in [2.24, 2.45) is 5.92 Å². The molecule has 1 aromatic carbocycles. The Kier molecular flexibility index (Phi) is 5.31. The molecule has 150 valence electrons. The van der Waals surface area contributed by atoms with Crippen LogP contribution in [0.1, 0.15) is 12.0 Å². The topological polar surface area (TPSA) is 74.5 Å². The summed E-state index contributed by atoms with van der Waals surface area (Å²) in [5, 5.41) is 9.54. The number of carbonyl (C=O) groups excluding carboxylic acids is 1. The number of aliphatic hydroxyl groups excluding tert-OH is 1. The number of carbonyl (C=O) groups is 1. The van der Waals surface area contributed by atoms with E-state index in [-0.39, 0.29) is 18.4 Å². The van der Waals surface area contributed by atoms with Gasteiger partial charge in [0.15, 0.2) is 5.65 Å². The number of rotatable bonds is 6. The second-order valence-corrected chi connectivity index (χ2v) is 7.40. The minimum atomic E-state index is -0.189. The summed E-state index contributed by atoms with van der Waals surface area (Å²) < 4.78 is 2.15. The Labute approximate surface area is 169 Å². The van der Waals surface area contributed by atoms with Crippen LogP contribution in [-0.2, 0) is 11.3 Å². The van der Waals surface area contributed by atoms with Gasteiger partial charge in [0, 0.05) is 32.7 Å². The molecule has 1 aliphatic rings. The number of likely N-dealkylation sites (N-methyl/N-ethyl adjacent to an activating group) is 1. The monoisotopic (exact) mass is 391 g/mol. The normalized spacial score (nSPS) is 16.3. The van der Waals surface area contributed by atoms with Crippen molar-refractivity contribution in [1.29, 1.82) is 0 Å². The fraction of sp³-hybridized carbons (Fsp3) is 0.318. The van der Waals surface area contributed by atoms with Gasteiger partial charge in [-0.25, -0.2) is 4.98 Å². The summed E-state index contributed by atoms with van der Waals surface area (Å²) in [5.74, 6) is 0.924. The molecule has 3 heterocycles. The molecule has 0 saturated carbocycles. The van der Waals surface area contributed by atoms with E-state index in [0.717, 1.165) is 36.5 Å². The summed E-state index contributed by atoms with van der Waals surface area (Å²) in [5.41, 5.74) is 3.37. The van der Waals surface area contributed by atoms with Crippen molar-refractivity contribution in [3.63, 3.8) is 0 Å². The number of pyridine rings is 1. The number of benzene rings is 1. The first-order chi connectivity index (χ1) is 14.1. The molecule has 7 heteroatoms. The minimum Gasteiger partial charge on any atom is -0.396 e. The second-order valence-electron chi connectivity index (χ2n) is 7.40. The number of nitrogens with zero attached hydrogens (tertiary/aromatic N) is 5. The van der Waals surface area contributed by atoms with Crippen LogP contribution < -0.4 is 9.80 Å². The Bertz CT molecular complexity index is 1030. The van der Waals surface area contributed by atoms with Gasteiger partial charge in [-0.2, -0.15) is 4.98 Å². The maximum atomic E-state index is 12.0. The Hall–Kier alpha value is -3.19. The maximum absolute atomic E-state index is 12.0. The Morgan fingerprint density at radius 1 is 1.38 bits per heavy atom. The molecule has 0 aliphatic carbocycles. The van der Waals surface area contributed by atoms with Crippen molar-refractivity contribution < 1.29 is 9.90 Å². The smallest absolute Gasteiger partial charge is 0.250 e. The summed E-state index contributed by atoms with van der Waals surface area (Å²) in [4.78, 5) is 25.1. The highest BCUT2D eigenvalue weighted by Crippen LogP contribution is 2.29. The fourth-order valence-electron chi connectivity index (χ4n) is 3.76. The minimum absolute atomic E-state index is 0.187. The fourth-order valence-corrected chi connectivity index (χ4v) is 3.76. The van der Waals surface area contributed by atoms with Crippen molar-refractivity contribution in [1.82, 2.24) is 14.5 Å². The highest BCUT2D eigenvalue weighted by atomic mass is 16.3. The second kappa shape index (κ2) is 8.05. The SMILES string of the molecule is C=CC(=O)N(C)c1cnc2nc(N3CC[C@@H](CO)C3)n(Cc3ccccc3)c2c1. The van der Waals surface area contributed by atoms with Crippen LogP contribution in [0.3, 0.4) is 0 Å². The van der Waals surface area contributed by atoms with Crippen LogP contribution in [-0.4, -0.2) is 52.3 Å². The van der Waals surface area contributed by atoms with Crippen LogP contribution in [0.25, 0.3) is 11.2 Å². The summed E-state index contributed by atoms with van der Waals surface area (Å²) in [6.45, 7) is 6.02. The quantitative estimate of drug-likeness (QED) is 0.654. The van der Waals surface area contributed by atoms with E-state index in [0.29, 0.717) is 17.9 Å². The molecular weight excluding hydrogens is 366 g/mol. The van der Waals surface area contributed by atoms with E-state index in [2.05, 4.69) is 33.2 Å². The van der Waals surface area contributed by atoms with Crippen molar-refractivity contribution >= 4 is 28.7 Å². The van der Waals surface area contributed by atoms with Crippen LogP contribution >= 0.6 is 0 Å². The molecule has 1 fully saturated rings. The van der Waals surface area contributed by atoms with Gasteiger partial charge in [-0.3, -0.25) is 4.79 Å². The van der Waals surface area contributed by atoms with E-state index in [4.69, 9.17) is 4.98 Å². The van der Waals surface area contributed by atoms with E-state index in [1.165, 1.54) is 11.0 Å². The number of fused-ring (bicyclic) bond motifs is 1. The van der Waals surface area contributed by atoms with Crippen molar-refractivity contribution in [2.45, 2.75) is 13.0 Å². The molecule has 29 heavy (non-hydrogen) atoms. The molecule has 0 unspecified atom stereocenters. The molecule has 0 radical (unpaired) electrons. The first-order valence-electron chi connectivity index (χ1n) is 9.77. The highest BCUT2D eigenvalue weighted by Gasteiger charge is 2.27. The van der Waals surface area contributed by atoms with Crippen LogP contribution in [0, 0.1) is 5.92 Å². The van der Waals surface area contributed by atoms with Gasteiger partial charge in [-0.1, -0.05) is 36.9 Å². The van der Waals surface area contributed by atoms with Crippen LogP contribution in [0.2, 0.25) is 0 Å². The number of imidazole rings is 1. The van der Waals surface area contributed by atoms with Gasteiger partial charge < -0.3 is 19.5 Å². The number of hydrogen-bond acceptors (Lipinski definition) is 5. The van der Waals surface area contributed by atoms with E-state index < -0.39 is 0 Å². The number of aliphatic hydroxyl groups is 1. The predicted molar refractivity (Wildman–Crippen MR) is 114 cm³/mol. The van der Waals surface area contributed by atoms with Gasteiger partial charge in [0.05, 0.1) is 23.9 Å². The lowest BCUT2D eigenvalue weighted by Crippen LogP contribution is -2.25. The third-order valence-corrected chi connectivity index (χ3v) is 5.47. The zero-order valence-corrected chi connectivity index (χ0v) is 16.5. The maximum Gasteiger partial charge on any atom is 0.250 e. The van der Waals surface area contributed by atoms with Gasteiger partial charge in [0.1, 0.15) is 0 Å². The van der Waals surface area contributed by atoms with E-state index >= 15 is 0 Å². The lowest BCUT2D eigenvalue weighted by molar-refractivity contribution is -0.113. The van der Waals surface area contributed by atoms with Gasteiger partial charge in [0.25, 0.3) is 0 Å². The van der Waals surface area contributed by atoms with Crippen LogP contribution in [0.4, 0.5) is 11.6 Å². The summed E-state index contributed by atoms with van der Waals surface area (Å²) in [6.07, 6.45) is 3.89. The third kappa shape index (κ3) is 3.73. The van der Waals surface area contributed by atoms with Gasteiger partial charge in [-0.15, -0.1) is 0 Å². The largest absolute Gasteiger partial charge is 0.396 e. The average Bonchev–Trinajstić information content (AvgIpc) is 3.38. The Balaban J connectivity index is 1.80. The molecule has 1 N–H and O–H groups in total. The number of aromatic nitrogens is 3. The molecule has 1 saturated heterocycles. The summed E-state index contributed by atoms with van der Waals surface area (Å²) in [6, 6.07) is 12.2. The molecule has 4 rings (SSSR count). The summed E-state index contributed by atoms with van der Waals surface area (Å²) >= 11 is 0. The predicted octanol–water partition coefficient (Wildman–Crippen LogP) is 2.45. The Morgan fingerprint density at radius 3 is 2.86 bits per heavy atom. The highest BCUT2D eigenvalue weighted by molar-refractivity contribution is 6.01. The van der Waals surface area contributed by atoms with Gasteiger partial charge in [-0.05, 0) is 24.1 Å². The lowest BCUT2D eigenvalue weighted by atomic mass is 10.1. The molecular formula is C22H25N5O2. The molecule has 1 aliphatic heterocycles. The summed E-state index contributed by atoms with van der Waals surface area (Å²) in [7, 11) is 1.71. The van der Waals surface area contributed by atoms with Crippen molar-refractivity contribution in [3.05, 3.63) is 60.8 Å². The van der Waals surface area contributed by atoms with Crippen molar-refractivity contribution in [3.8, 4) is 0 Å². The molecule has 0 spiro atoms. The van der Waals surface area contributed by atoms with Crippen LogP contribution in [0.5, 0.6) is 0 Å². The molecule has 1 atom stereocenters. The van der Waals surface area contributed by atoms with E-state index in [1.807, 2.05) is 24.3 Å². The van der Waals surface area contributed by atoms with Gasteiger partial charge >= 0.3 is 0 Å². The number of hydrogen-bond donors (Lipinski definition) is 1. The molecule has 2 aromatic heterocycles. The van der Waals surface area contributed by atoms with Crippen molar-refractivity contribution in [2.75, 3.05) is 36.5 Å². The van der Waals surface area contributed by atoms with E-state index in [9.17, 15) is 9.90 Å². The average molecular weight is 391 g/mol. The zero-order chi connectivity index (χ0) is 20.4. The molecule has 7 nitrogen and oxygen atoms in total. The van der Waals surface area contributed by atoms with Crippen LogP contribution in [0.15, 0.2) is 55.3 Å². The van der Waals surface area contributed by atoms with E-state index in [1.54, 1.807) is 13.2 Å². The first-order valence-corrected chi connectivity index (χ1v) is 9.77. The van der Waals surface area contributed by atoms with Gasteiger partial charge in [0.2, 0.25) is 11.9 Å². The Morgan fingerprint density at radius 2 is 2.17 bits per heavy atom.